The molecule has 0 aromatic heterocycles. The highest BCUT2D eigenvalue weighted by Crippen LogP contribution is 2.13. The zero-order chi connectivity index (χ0) is 15.8. The van der Waals surface area contributed by atoms with E-state index in [1.54, 1.807) is 0 Å². The van der Waals surface area contributed by atoms with Gasteiger partial charge in [0.05, 0.1) is 0 Å². The van der Waals surface area contributed by atoms with Crippen LogP contribution in [0.4, 0.5) is 0 Å². The van der Waals surface area contributed by atoms with Crippen LogP contribution in [0.1, 0.15) is 104 Å². The predicted octanol–water partition coefficient (Wildman–Crippen LogP) is 6.54. The Balaban J connectivity index is 3.38. The first-order valence-electron chi connectivity index (χ1n) is 9.09. The van der Waals surface area contributed by atoms with Crippen molar-refractivity contribution in [2.75, 3.05) is 0 Å². The van der Waals surface area contributed by atoms with Crippen molar-refractivity contribution < 1.29 is 9.53 Å². The fraction of sp³-hybridized carbons (Fsp3) is 0.842. The molecule has 0 saturated carbocycles. The second-order valence-electron chi connectivity index (χ2n) is 6.05. The molecule has 0 saturated heterocycles. The molecule has 0 aromatic carbocycles. The minimum atomic E-state index is -0.0959. The molecule has 21 heavy (non-hydrogen) atoms. The number of carbonyl (C=O) groups excluding carboxylic acids is 1. The van der Waals surface area contributed by atoms with Crippen LogP contribution in [0.2, 0.25) is 0 Å². The predicted molar refractivity (Wildman–Crippen MR) is 91.2 cm³/mol. The lowest BCUT2D eigenvalue weighted by Crippen LogP contribution is -2.03. The van der Waals surface area contributed by atoms with Gasteiger partial charge in [0, 0.05) is 12.8 Å². The Bertz CT molecular complexity index is 232. The van der Waals surface area contributed by atoms with Gasteiger partial charge in [-0.15, -0.1) is 0 Å². The second kappa shape index (κ2) is 15.6. The van der Waals surface area contributed by atoms with Crippen molar-refractivity contribution >= 4 is 5.97 Å². The number of hydrogen-bond acceptors (Lipinski definition) is 2. The number of allylic oxidation sites excluding steroid dienone is 1. The molecule has 0 spiro atoms. The molecule has 0 aliphatic heterocycles. The summed E-state index contributed by atoms with van der Waals surface area (Å²) in [6.45, 7) is 8.30. The third-order valence-corrected chi connectivity index (χ3v) is 3.80. The molecule has 0 amide bonds. The van der Waals surface area contributed by atoms with Crippen LogP contribution in [0.25, 0.3) is 0 Å². The number of carbonyl (C=O) groups is 1. The first-order chi connectivity index (χ1) is 10.2. The first kappa shape index (κ1) is 20.2. The van der Waals surface area contributed by atoms with Crippen molar-refractivity contribution in [1.82, 2.24) is 0 Å². The average Bonchev–Trinajstić information content (AvgIpc) is 2.46. The average molecular weight is 296 g/mol. The van der Waals surface area contributed by atoms with Crippen LogP contribution in [0.3, 0.4) is 0 Å². The van der Waals surface area contributed by atoms with Gasteiger partial charge in [0.1, 0.15) is 5.76 Å². The zero-order valence-electron chi connectivity index (χ0n) is 14.4. The third kappa shape index (κ3) is 15.4. The van der Waals surface area contributed by atoms with Crippen molar-refractivity contribution in [3.8, 4) is 0 Å². The molecule has 2 nitrogen and oxygen atoms in total. The van der Waals surface area contributed by atoms with E-state index in [0.717, 1.165) is 25.7 Å². The van der Waals surface area contributed by atoms with Gasteiger partial charge < -0.3 is 4.74 Å². The second-order valence-corrected chi connectivity index (χ2v) is 6.05. The maximum atomic E-state index is 11.6. The number of rotatable bonds is 15. The lowest BCUT2D eigenvalue weighted by molar-refractivity contribution is -0.139. The van der Waals surface area contributed by atoms with Gasteiger partial charge in [-0.25, -0.2) is 0 Å². The third-order valence-electron chi connectivity index (χ3n) is 3.80. The van der Waals surface area contributed by atoms with Gasteiger partial charge in [-0.2, -0.15) is 0 Å². The van der Waals surface area contributed by atoms with E-state index < -0.39 is 0 Å². The summed E-state index contributed by atoms with van der Waals surface area (Å²) in [5.41, 5.74) is 0. The minimum Gasteiger partial charge on any atom is -0.432 e. The zero-order valence-corrected chi connectivity index (χ0v) is 14.4. The summed E-state index contributed by atoms with van der Waals surface area (Å²) in [6.07, 6.45) is 16.1. The van der Waals surface area contributed by atoms with Gasteiger partial charge in [0.15, 0.2) is 0 Å². The molecule has 0 heterocycles. The van der Waals surface area contributed by atoms with Gasteiger partial charge in [-0.1, -0.05) is 84.6 Å². The first-order valence-corrected chi connectivity index (χ1v) is 9.09. The minimum absolute atomic E-state index is 0.0959. The van der Waals surface area contributed by atoms with Gasteiger partial charge in [0.25, 0.3) is 0 Å². The fourth-order valence-corrected chi connectivity index (χ4v) is 2.42. The molecule has 0 aliphatic rings. The standard InChI is InChI=1S/C19H36O2/c1-4-6-8-10-12-14-16-18(3)21-19(20)17-15-13-11-9-7-5-2/h3-17H2,1-2H3. The highest BCUT2D eigenvalue weighted by atomic mass is 16.5. The van der Waals surface area contributed by atoms with Gasteiger partial charge in [0.2, 0.25) is 0 Å². The largest absolute Gasteiger partial charge is 0.432 e. The Labute approximate surface area is 132 Å². The molecule has 0 radical (unpaired) electrons. The van der Waals surface area contributed by atoms with E-state index in [1.807, 2.05) is 0 Å². The van der Waals surface area contributed by atoms with E-state index in [9.17, 15) is 4.79 Å². The number of hydrogen-bond donors (Lipinski definition) is 0. The highest BCUT2D eigenvalue weighted by Gasteiger charge is 2.05. The Morgan fingerprint density at radius 1 is 0.714 bits per heavy atom. The van der Waals surface area contributed by atoms with Crippen molar-refractivity contribution in [2.24, 2.45) is 0 Å². The van der Waals surface area contributed by atoms with Crippen LogP contribution in [0.15, 0.2) is 12.3 Å². The van der Waals surface area contributed by atoms with Crippen molar-refractivity contribution in [2.45, 2.75) is 104 Å². The Kier molecular flexibility index (Phi) is 15.0. The molecular formula is C19H36O2. The summed E-state index contributed by atoms with van der Waals surface area (Å²) in [5.74, 6) is 0.558. The van der Waals surface area contributed by atoms with E-state index in [-0.39, 0.29) is 5.97 Å². The van der Waals surface area contributed by atoms with Crippen molar-refractivity contribution in [3.05, 3.63) is 12.3 Å². The topological polar surface area (TPSA) is 26.3 Å². The molecule has 0 bridgehead atoms. The summed E-state index contributed by atoms with van der Waals surface area (Å²) in [7, 11) is 0. The monoisotopic (exact) mass is 296 g/mol. The Morgan fingerprint density at radius 2 is 1.14 bits per heavy atom. The lowest BCUT2D eigenvalue weighted by Gasteiger charge is -2.07. The number of esters is 1. The molecular weight excluding hydrogens is 260 g/mol. The van der Waals surface area contributed by atoms with E-state index in [1.165, 1.54) is 57.8 Å². The molecule has 0 unspecified atom stereocenters. The van der Waals surface area contributed by atoms with E-state index in [0.29, 0.717) is 12.2 Å². The number of unbranched alkanes of at least 4 members (excludes halogenated alkanes) is 10. The van der Waals surface area contributed by atoms with Gasteiger partial charge in [-0.3, -0.25) is 4.79 Å². The van der Waals surface area contributed by atoms with Gasteiger partial charge >= 0.3 is 5.97 Å². The summed E-state index contributed by atoms with van der Waals surface area (Å²) in [4.78, 5) is 11.6. The fourth-order valence-electron chi connectivity index (χ4n) is 2.42. The van der Waals surface area contributed by atoms with Crippen molar-refractivity contribution in [1.29, 1.82) is 0 Å². The number of ether oxygens (including phenoxy) is 1. The van der Waals surface area contributed by atoms with Crippen LogP contribution in [0, 0.1) is 0 Å². The maximum Gasteiger partial charge on any atom is 0.310 e. The molecule has 0 aromatic rings. The van der Waals surface area contributed by atoms with Crippen LogP contribution < -0.4 is 0 Å². The van der Waals surface area contributed by atoms with Crippen LogP contribution >= 0.6 is 0 Å². The van der Waals surface area contributed by atoms with Crippen LogP contribution in [-0.4, -0.2) is 5.97 Å². The molecule has 124 valence electrons. The summed E-state index contributed by atoms with van der Waals surface area (Å²) < 4.78 is 5.27. The summed E-state index contributed by atoms with van der Waals surface area (Å²) in [5, 5.41) is 0. The molecule has 2 heteroatoms. The normalized spacial score (nSPS) is 10.6. The summed E-state index contributed by atoms with van der Waals surface area (Å²) in [6, 6.07) is 0. The van der Waals surface area contributed by atoms with E-state index in [2.05, 4.69) is 20.4 Å². The Morgan fingerprint density at radius 3 is 1.67 bits per heavy atom. The summed E-state index contributed by atoms with van der Waals surface area (Å²) >= 11 is 0. The van der Waals surface area contributed by atoms with Crippen molar-refractivity contribution in [3.63, 3.8) is 0 Å². The molecule has 0 aliphatic carbocycles. The molecule has 0 atom stereocenters. The van der Waals surface area contributed by atoms with E-state index >= 15 is 0 Å². The maximum absolute atomic E-state index is 11.6. The SMILES string of the molecule is C=C(CCCCCCCC)OC(=O)CCCCCCCC. The highest BCUT2D eigenvalue weighted by molar-refractivity contribution is 5.70. The molecule has 0 rings (SSSR count). The van der Waals surface area contributed by atoms with E-state index in [4.69, 9.17) is 4.74 Å². The Hall–Kier alpha value is -0.790. The quantitative estimate of drug-likeness (QED) is 0.195. The molecule has 0 N–H and O–H groups in total. The lowest BCUT2D eigenvalue weighted by atomic mass is 10.1. The van der Waals surface area contributed by atoms with Gasteiger partial charge in [-0.05, 0) is 12.8 Å². The van der Waals surface area contributed by atoms with Crippen LogP contribution in [0.5, 0.6) is 0 Å². The smallest absolute Gasteiger partial charge is 0.310 e. The van der Waals surface area contributed by atoms with Crippen LogP contribution in [-0.2, 0) is 9.53 Å². The molecule has 0 fully saturated rings.